The van der Waals surface area contributed by atoms with Crippen LogP contribution in [-0.2, 0) is 19.9 Å². The molecule has 4 rings (SSSR count). The minimum absolute atomic E-state index is 0.0562. The molecule has 1 unspecified atom stereocenters. The largest absolute Gasteiger partial charge is 0.382 e. The van der Waals surface area contributed by atoms with Crippen LogP contribution in [-0.4, -0.2) is 35.3 Å². The highest BCUT2D eigenvalue weighted by Gasteiger charge is 2.47. The molecular weight excluding hydrogens is 380 g/mol. The van der Waals surface area contributed by atoms with E-state index >= 15 is 0 Å². The Morgan fingerprint density at radius 2 is 2.00 bits per heavy atom. The smallest absolute Gasteiger partial charge is 0.240 e. The third-order valence-corrected chi connectivity index (χ3v) is 6.58. The first-order chi connectivity index (χ1) is 13.1. The minimum atomic E-state index is -0.872. The quantitative estimate of drug-likeness (QED) is 0.606. The van der Waals surface area contributed by atoms with Gasteiger partial charge >= 0.3 is 0 Å². The minimum Gasteiger partial charge on any atom is -0.382 e. The lowest BCUT2D eigenvalue weighted by Crippen LogP contribution is -2.50. The van der Waals surface area contributed by atoms with Crippen LogP contribution in [0.4, 0.5) is 5.69 Å². The number of rotatable bonds is 4. The number of ketones is 1. The van der Waals surface area contributed by atoms with Crippen LogP contribution in [0.25, 0.3) is 0 Å². The summed E-state index contributed by atoms with van der Waals surface area (Å²) in [5.74, 6) is -0.317. The van der Waals surface area contributed by atoms with Gasteiger partial charge in [0, 0.05) is 31.4 Å². The van der Waals surface area contributed by atoms with Gasteiger partial charge in [-0.25, -0.2) is 0 Å². The summed E-state index contributed by atoms with van der Waals surface area (Å²) in [6.45, 7) is 1.53. The van der Waals surface area contributed by atoms with E-state index in [0.717, 1.165) is 42.9 Å². The van der Waals surface area contributed by atoms with Gasteiger partial charge in [-0.3, -0.25) is 13.9 Å². The number of benzene rings is 1. The molecule has 5 nitrogen and oxygen atoms in total. The summed E-state index contributed by atoms with van der Waals surface area (Å²) in [5.41, 5.74) is 1.94. The van der Waals surface area contributed by atoms with Gasteiger partial charge in [0.05, 0.1) is 6.42 Å². The number of nitrogens with one attached hydrogen (secondary N) is 1. The number of ether oxygens (including phenoxy) is 1. The van der Waals surface area contributed by atoms with Crippen LogP contribution in [0, 0.1) is 0 Å². The molecule has 2 aliphatic rings. The van der Waals surface area contributed by atoms with Gasteiger partial charge in [-0.2, -0.15) is 11.3 Å². The second-order valence-corrected chi connectivity index (χ2v) is 8.26. The van der Waals surface area contributed by atoms with E-state index in [1.807, 2.05) is 41.1 Å². The number of thiol groups is 1. The van der Waals surface area contributed by atoms with Gasteiger partial charge in [-0.05, 0) is 52.9 Å². The van der Waals surface area contributed by atoms with E-state index in [1.54, 1.807) is 11.3 Å². The van der Waals surface area contributed by atoms with Gasteiger partial charge in [-0.15, -0.1) is 0 Å². The van der Waals surface area contributed by atoms with E-state index in [1.165, 1.54) is 4.31 Å². The van der Waals surface area contributed by atoms with E-state index in [4.69, 9.17) is 4.74 Å². The lowest BCUT2D eigenvalue weighted by atomic mass is 9.77. The molecule has 1 amide bonds. The second kappa shape index (κ2) is 7.66. The van der Waals surface area contributed by atoms with Crippen LogP contribution in [0.1, 0.15) is 36.8 Å². The number of carbonyl (C=O) groups is 2. The zero-order chi connectivity index (χ0) is 18.9. The molecule has 1 N–H and O–H groups in total. The maximum absolute atomic E-state index is 12.5. The Morgan fingerprint density at radius 1 is 1.19 bits per heavy atom. The summed E-state index contributed by atoms with van der Waals surface area (Å²) in [7, 11) is 0. The summed E-state index contributed by atoms with van der Waals surface area (Å²) < 4.78 is 6.88. The average molecular weight is 403 g/mol. The molecular formula is C20H22N2O3S2. The Labute approximate surface area is 168 Å². The molecule has 1 aromatic carbocycles. The normalized spacial score (nSPS) is 24.3. The first kappa shape index (κ1) is 18.5. The van der Waals surface area contributed by atoms with Crippen LogP contribution < -0.4 is 5.32 Å². The lowest BCUT2D eigenvalue weighted by Gasteiger charge is -2.43. The predicted molar refractivity (Wildman–Crippen MR) is 109 cm³/mol. The first-order valence-corrected chi connectivity index (χ1v) is 10.4. The topological polar surface area (TPSA) is 58.6 Å². The van der Waals surface area contributed by atoms with Crippen molar-refractivity contribution in [3.63, 3.8) is 0 Å². The monoisotopic (exact) mass is 402 g/mol. The fraction of sp³-hybridized carbons (Fsp3) is 0.400. The van der Waals surface area contributed by atoms with Gasteiger partial charge in [0.25, 0.3) is 0 Å². The van der Waals surface area contributed by atoms with E-state index in [0.29, 0.717) is 6.04 Å². The van der Waals surface area contributed by atoms with Gasteiger partial charge in [0.2, 0.25) is 5.91 Å². The fourth-order valence-corrected chi connectivity index (χ4v) is 5.03. The van der Waals surface area contributed by atoms with E-state index in [9.17, 15) is 9.59 Å². The number of Topliss-reactive ketones (excluding diaryl/α,β-unsaturated/α-hetero) is 1. The number of carbonyl (C=O) groups excluding carboxylic acids is 2. The standard InChI is InChI=1S/C20H22N2O3S2/c23-18-11-19(24)22(26)20(12-18,15-6-9-27-13-15)14-2-1-3-17(10-14)21-16-4-7-25-8-5-16/h1-3,6,9-10,13,16,21,26H,4-5,7-8,11-12H2. The molecule has 7 heteroatoms. The third kappa shape index (κ3) is 3.51. The first-order valence-electron chi connectivity index (χ1n) is 9.11. The lowest BCUT2D eigenvalue weighted by molar-refractivity contribution is -0.139. The molecule has 2 aliphatic heterocycles. The number of piperidine rings is 1. The number of nitrogens with zero attached hydrogens (tertiary/aromatic N) is 1. The van der Waals surface area contributed by atoms with Crippen molar-refractivity contribution in [1.29, 1.82) is 0 Å². The number of hydrogen-bond acceptors (Lipinski definition) is 6. The SMILES string of the molecule is O=C1CC(=O)N(S)C(c2ccsc2)(c2cccc(NC3CCOCC3)c2)C1. The number of thiophene rings is 1. The Morgan fingerprint density at radius 3 is 2.74 bits per heavy atom. The molecule has 0 radical (unpaired) electrons. The maximum atomic E-state index is 12.5. The summed E-state index contributed by atoms with van der Waals surface area (Å²) in [4.78, 5) is 24.9. The Hall–Kier alpha value is -1.83. The zero-order valence-electron chi connectivity index (χ0n) is 14.9. The molecule has 0 bridgehead atoms. The Bertz CT molecular complexity index is 834. The molecule has 3 heterocycles. The number of anilines is 1. The Balaban J connectivity index is 1.74. The van der Waals surface area contributed by atoms with Gasteiger partial charge in [0.15, 0.2) is 0 Å². The highest BCUT2D eigenvalue weighted by atomic mass is 32.1. The van der Waals surface area contributed by atoms with Crippen molar-refractivity contribution in [2.45, 2.75) is 37.3 Å². The molecule has 142 valence electrons. The van der Waals surface area contributed by atoms with Gasteiger partial charge in [-0.1, -0.05) is 24.9 Å². The van der Waals surface area contributed by atoms with Crippen molar-refractivity contribution >= 4 is 41.5 Å². The molecule has 2 aromatic rings. The molecule has 27 heavy (non-hydrogen) atoms. The molecule has 2 fully saturated rings. The van der Waals surface area contributed by atoms with Crippen molar-refractivity contribution in [3.05, 3.63) is 52.2 Å². The molecule has 0 saturated carbocycles. The van der Waals surface area contributed by atoms with Crippen molar-refractivity contribution < 1.29 is 14.3 Å². The van der Waals surface area contributed by atoms with Crippen molar-refractivity contribution in [2.24, 2.45) is 0 Å². The van der Waals surface area contributed by atoms with Crippen LogP contribution >= 0.6 is 24.2 Å². The Kier molecular flexibility index (Phi) is 5.25. The molecule has 2 saturated heterocycles. The van der Waals surface area contributed by atoms with Gasteiger partial charge in [0.1, 0.15) is 11.3 Å². The van der Waals surface area contributed by atoms with Crippen LogP contribution in [0.3, 0.4) is 0 Å². The third-order valence-electron chi connectivity index (χ3n) is 5.33. The summed E-state index contributed by atoms with van der Waals surface area (Å²) >= 11 is 6.09. The molecule has 1 aromatic heterocycles. The number of hydrogen-bond donors (Lipinski definition) is 2. The van der Waals surface area contributed by atoms with Crippen LogP contribution in [0.5, 0.6) is 0 Å². The maximum Gasteiger partial charge on any atom is 0.240 e. The van der Waals surface area contributed by atoms with E-state index in [-0.39, 0.29) is 24.5 Å². The van der Waals surface area contributed by atoms with E-state index < -0.39 is 5.54 Å². The van der Waals surface area contributed by atoms with Crippen LogP contribution in [0.15, 0.2) is 41.1 Å². The van der Waals surface area contributed by atoms with Crippen molar-refractivity contribution in [2.75, 3.05) is 18.5 Å². The second-order valence-electron chi connectivity index (χ2n) is 7.08. The predicted octanol–water partition coefficient (Wildman–Crippen LogP) is 3.62. The van der Waals surface area contributed by atoms with Crippen molar-refractivity contribution in [1.82, 2.24) is 4.31 Å². The highest BCUT2D eigenvalue weighted by molar-refractivity contribution is 7.78. The molecule has 0 spiro atoms. The zero-order valence-corrected chi connectivity index (χ0v) is 16.6. The molecule has 1 atom stereocenters. The van der Waals surface area contributed by atoms with Crippen LogP contribution in [0.2, 0.25) is 0 Å². The molecule has 0 aliphatic carbocycles. The summed E-state index contributed by atoms with van der Waals surface area (Å²) in [6.07, 6.45) is 2.08. The fourth-order valence-electron chi connectivity index (χ4n) is 3.94. The summed E-state index contributed by atoms with van der Waals surface area (Å²) in [5, 5.41) is 7.53. The van der Waals surface area contributed by atoms with Gasteiger partial charge < -0.3 is 10.1 Å². The van der Waals surface area contributed by atoms with E-state index in [2.05, 4.69) is 18.1 Å². The number of amides is 1. The van der Waals surface area contributed by atoms with Crippen molar-refractivity contribution in [3.8, 4) is 0 Å². The summed E-state index contributed by atoms with van der Waals surface area (Å²) in [6, 6.07) is 10.3. The average Bonchev–Trinajstić information content (AvgIpc) is 3.21. The highest BCUT2D eigenvalue weighted by Crippen LogP contribution is 2.45.